The molecule has 0 amide bonds. The van der Waals surface area contributed by atoms with E-state index in [1.807, 2.05) is 37.3 Å². The van der Waals surface area contributed by atoms with E-state index < -0.39 is 0 Å². The Kier molecular flexibility index (Phi) is 4.86. The highest BCUT2D eigenvalue weighted by Gasteiger charge is 2.04. The molecular formula is C18H15BrN4O. The second kappa shape index (κ2) is 7.23. The molecule has 0 saturated carbocycles. The van der Waals surface area contributed by atoms with Crippen molar-refractivity contribution in [2.45, 2.75) is 6.92 Å². The van der Waals surface area contributed by atoms with Crippen LogP contribution < -0.4 is 5.43 Å². The van der Waals surface area contributed by atoms with Gasteiger partial charge < -0.3 is 5.11 Å². The summed E-state index contributed by atoms with van der Waals surface area (Å²) in [5, 5.41) is 13.4. The summed E-state index contributed by atoms with van der Waals surface area (Å²) in [4.78, 5) is 8.95. The monoisotopic (exact) mass is 382 g/mol. The maximum absolute atomic E-state index is 9.27. The number of anilines is 1. The lowest BCUT2D eigenvalue weighted by atomic mass is 10.2. The molecule has 0 aliphatic heterocycles. The third-order valence-electron chi connectivity index (χ3n) is 3.24. The Morgan fingerprint density at radius 1 is 1.04 bits per heavy atom. The van der Waals surface area contributed by atoms with Gasteiger partial charge in [-0.3, -0.25) is 5.43 Å². The van der Waals surface area contributed by atoms with Crippen LogP contribution in [0.3, 0.4) is 0 Å². The Hall–Kier alpha value is -2.73. The number of rotatable bonds is 4. The number of aromatic nitrogens is 2. The summed E-state index contributed by atoms with van der Waals surface area (Å²) in [5.74, 6) is 1.49. The summed E-state index contributed by atoms with van der Waals surface area (Å²) < 4.78 is 1.01. The van der Waals surface area contributed by atoms with Crippen molar-refractivity contribution in [2.24, 2.45) is 5.10 Å². The summed E-state index contributed by atoms with van der Waals surface area (Å²) in [6.45, 7) is 1.92. The van der Waals surface area contributed by atoms with Crippen LogP contribution in [-0.2, 0) is 0 Å². The van der Waals surface area contributed by atoms with E-state index >= 15 is 0 Å². The highest BCUT2D eigenvalue weighted by Crippen LogP contribution is 2.20. The molecule has 0 saturated heterocycles. The lowest BCUT2D eigenvalue weighted by Crippen LogP contribution is -1.99. The van der Waals surface area contributed by atoms with Gasteiger partial charge in [0.25, 0.3) is 0 Å². The fraction of sp³-hybridized carbons (Fsp3) is 0.0556. The van der Waals surface area contributed by atoms with E-state index in [2.05, 4.69) is 36.4 Å². The SMILES string of the molecule is Cc1cc(N/N=C\c2ccc(O)cc2)nc(-c2ccc(Br)cc2)n1. The van der Waals surface area contributed by atoms with E-state index in [1.54, 1.807) is 30.5 Å². The molecule has 2 aromatic carbocycles. The second-order valence-corrected chi connectivity index (χ2v) is 6.10. The molecule has 5 nitrogen and oxygen atoms in total. The number of nitrogens with one attached hydrogen (secondary N) is 1. The van der Waals surface area contributed by atoms with E-state index in [4.69, 9.17) is 0 Å². The second-order valence-electron chi connectivity index (χ2n) is 5.19. The van der Waals surface area contributed by atoms with Gasteiger partial charge in [0.2, 0.25) is 0 Å². The number of aromatic hydroxyl groups is 1. The van der Waals surface area contributed by atoms with Crippen molar-refractivity contribution < 1.29 is 5.11 Å². The molecule has 6 heteroatoms. The highest BCUT2D eigenvalue weighted by atomic mass is 79.9. The van der Waals surface area contributed by atoms with Gasteiger partial charge in [-0.05, 0) is 48.9 Å². The van der Waals surface area contributed by atoms with Crippen molar-refractivity contribution in [1.82, 2.24) is 9.97 Å². The van der Waals surface area contributed by atoms with Crippen LogP contribution in [-0.4, -0.2) is 21.3 Å². The van der Waals surface area contributed by atoms with Crippen molar-refractivity contribution in [3.05, 3.63) is 70.3 Å². The zero-order chi connectivity index (χ0) is 16.9. The van der Waals surface area contributed by atoms with Crippen LogP contribution in [0.2, 0.25) is 0 Å². The summed E-state index contributed by atoms with van der Waals surface area (Å²) in [7, 11) is 0. The van der Waals surface area contributed by atoms with Crippen molar-refractivity contribution in [3.8, 4) is 17.1 Å². The van der Waals surface area contributed by atoms with Crippen molar-refractivity contribution in [2.75, 3.05) is 5.43 Å². The smallest absolute Gasteiger partial charge is 0.161 e. The highest BCUT2D eigenvalue weighted by molar-refractivity contribution is 9.10. The van der Waals surface area contributed by atoms with Crippen molar-refractivity contribution >= 4 is 28.0 Å². The van der Waals surface area contributed by atoms with Gasteiger partial charge in [-0.15, -0.1) is 0 Å². The molecule has 0 spiro atoms. The Morgan fingerprint density at radius 3 is 2.46 bits per heavy atom. The van der Waals surface area contributed by atoms with Crippen LogP contribution in [0.1, 0.15) is 11.3 Å². The Morgan fingerprint density at radius 2 is 1.75 bits per heavy atom. The number of hydrogen-bond acceptors (Lipinski definition) is 5. The maximum atomic E-state index is 9.27. The van der Waals surface area contributed by atoms with Gasteiger partial charge in [-0.2, -0.15) is 5.10 Å². The quantitative estimate of drug-likeness (QED) is 0.519. The first kappa shape index (κ1) is 16.1. The maximum Gasteiger partial charge on any atom is 0.161 e. The van der Waals surface area contributed by atoms with E-state index in [0.717, 1.165) is 21.3 Å². The summed E-state index contributed by atoms with van der Waals surface area (Å²) in [6, 6.07) is 16.4. The first-order chi connectivity index (χ1) is 11.6. The Bertz CT molecular complexity index is 861. The topological polar surface area (TPSA) is 70.4 Å². The molecular weight excluding hydrogens is 368 g/mol. The van der Waals surface area contributed by atoms with Gasteiger partial charge in [0.1, 0.15) is 5.75 Å². The molecule has 0 aliphatic rings. The fourth-order valence-corrected chi connectivity index (χ4v) is 2.35. The van der Waals surface area contributed by atoms with E-state index in [0.29, 0.717) is 11.6 Å². The summed E-state index contributed by atoms with van der Waals surface area (Å²) in [5.41, 5.74) is 5.58. The molecule has 24 heavy (non-hydrogen) atoms. The number of phenols is 1. The van der Waals surface area contributed by atoms with Crippen LogP contribution in [0.15, 0.2) is 64.2 Å². The third kappa shape index (κ3) is 4.17. The molecule has 0 fully saturated rings. The van der Waals surface area contributed by atoms with Crippen LogP contribution in [0.25, 0.3) is 11.4 Å². The lowest BCUT2D eigenvalue weighted by molar-refractivity contribution is 0.475. The van der Waals surface area contributed by atoms with E-state index in [1.165, 1.54) is 0 Å². The van der Waals surface area contributed by atoms with Gasteiger partial charge in [-0.1, -0.05) is 28.1 Å². The molecule has 0 unspecified atom stereocenters. The number of nitrogens with zero attached hydrogens (tertiary/aromatic N) is 3. The predicted octanol–water partition coefficient (Wildman–Crippen LogP) is 4.37. The predicted molar refractivity (Wildman–Crippen MR) is 99.2 cm³/mol. The number of hydrazone groups is 1. The summed E-state index contributed by atoms with van der Waals surface area (Å²) >= 11 is 3.42. The van der Waals surface area contributed by atoms with Crippen LogP contribution in [0.5, 0.6) is 5.75 Å². The van der Waals surface area contributed by atoms with Crippen LogP contribution in [0, 0.1) is 6.92 Å². The molecule has 1 aromatic heterocycles. The molecule has 0 aliphatic carbocycles. The fourth-order valence-electron chi connectivity index (χ4n) is 2.09. The minimum atomic E-state index is 0.227. The van der Waals surface area contributed by atoms with Gasteiger partial charge >= 0.3 is 0 Å². The van der Waals surface area contributed by atoms with Crippen LogP contribution in [0.4, 0.5) is 5.82 Å². The number of halogens is 1. The number of aryl methyl sites for hydroxylation is 1. The van der Waals surface area contributed by atoms with E-state index in [-0.39, 0.29) is 5.75 Å². The average molecular weight is 383 g/mol. The molecule has 0 atom stereocenters. The minimum Gasteiger partial charge on any atom is -0.508 e. The molecule has 2 N–H and O–H groups in total. The van der Waals surface area contributed by atoms with Crippen molar-refractivity contribution in [1.29, 1.82) is 0 Å². The molecule has 120 valence electrons. The number of hydrogen-bond donors (Lipinski definition) is 2. The molecule has 3 aromatic rings. The first-order valence-corrected chi connectivity index (χ1v) is 8.09. The van der Waals surface area contributed by atoms with Gasteiger partial charge in [-0.25, -0.2) is 9.97 Å². The minimum absolute atomic E-state index is 0.227. The number of phenolic OH excluding ortho intramolecular Hbond substituents is 1. The Labute approximate surface area is 148 Å². The normalized spacial score (nSPS) is 10.9. The first-order valence-electron chi connectivity index (χ1n) is 7.30. The standard InChI is InChI=1S/C18H15BrN4O/c1-12-10-17(23-20-11-13-2-8-16(24)9-3-13)22-18(21-12)14-4-6-15(19)7-5-14/h2-11,24H,1H3,(H,21,22,23)/b20-11-. The summed E-state index contributed by atoms with van der Waals surface area (Å²) in [6.07, 6.45) is 1.66. The van der Waals surface area contributed by atoms with Gasteiger partial charge in [0.15, 0.2) is 11.6 Å². The Balaban J connectivity index is 1.78. The third-order valence-corrected chi connectivity index (χ3v) is 3.77. The lowest BCUT2D eigenvalue weighted by Gasteiger charge is -2.05. The zero-order valence-electron chi connectivity index (χ0n) is 12.9. The van der Waals surface area contributed by atoms with Gasteiger partial charge in [0, 0.05) is 21.8 Å². The number of benzene rings is 2. The average Bonchev–Trinajstić information content (AvgIpc) is 2.57. The van der Waals surface area contributed by atoms with Gasteiger partial charge in [0.05, 0.1) is 6.21 Å². The molecule has 3 rings (SSSR count). The van der Waals surface area contributed by atoms with Crippen LogP contribution >= 0.6 is 15.9 Å². The van der Waals surface area contributed by atoms with Crippen molar-refractivity contribution in [3.63, 3.8) is 0 Å². The molecule has 1 heterocycles. The van der Waals surface area contributed by atoms with E-state index in [9.17, 15) is 5.11 Å². The molecule has 0 bridgehead atoms. The largest absolute Gasteiger partial charge is 0.508 e. The zero-order valence-corrected chi connectivity index (χ0v) is 14.5. The molecule has 0 radical (unpaired) electrons.